The van der Waals surface area contributed by atoms with Gasteiger partial charge in [0.25, 0.3) is 0 Å². The molecule has 1 heterocycles. The lowest BCUT2D eigenvalue weighted by Gasteiger charge is -2.44. The van der Waals surface area contributed by atoms with Gasteiger partial charge >= 0.3 is 0 Å². The minimum atomic E-state index is -0.457. The predicted molar refractivity (Wildman–Crippen MR) is 62.1 cm³/mol. The summed E-state index contributed by atoms with van der Waals surface area (Å²) in [6.45, 7) is 7.02. The Bertz CT molecular complexity index is 424. The molecule has 0 N–H and O–H groups in total. The first kappa shape index (κ1) is 10.3. The summed E-state index contributed by atoms with van der Waals surface area (Å²) < 4.78 is 11.9. The maximum absolute atomic E-state index is 6.10. The molecular formula is C14H18O2. The number of ether oxygens (including phenoxy) is 2. The largest absolute Gasteiger partial charge is 0.350 e. The molecule has 2 nitrogen and oxygen atoms in total. The monoisotopic (exact) mass is 218 g/mol. The minimum Gasteiger partial charge on any atom is -0.350 e. The zero-order valence-electron chi connectivity index (χ0n) is 10.1. The average molecular weight is 218 g/mol. The molecule has 1 fully saturated rings. The maximum atomic E-state index is 6.10. The van der Waals surface area contributed by atoms with E-state index in [-0.39, 0.29) is 11.5 Å². The molecule has 2 aliphatic rings. The van der Waals surface area contributed by atoms with Gasteiger partial charge in [0.1, 0.15) is 0 Å². The molecule has 2 heteroatoms. The first-order valence-electron chi connectivity index (χ1n) is 5.90. The standard InChI is InChI=1S/C14H18O2/c1-13(2)15-9-14(3)8-10-6-4-5-7-11(10)12(14)16-13/h4-7,12H,8-9H2,1-3H3. The van der Waals surface area contributed by atoms with E-state index >= 15 is 0 Å². The van der Waals surface area contributed by atoms with E-state index in [9.17, 15) is 0 Å². The molecule has 1 aliphatic carbocycles. The van der Waals surface area contributed by atoms with Crippen molar-refractivity contribution >= 4 is 0 Å². The van der Waals surface area contributed by atoms with Crippen LogP contribution in [-0.2, 0) is 15.9 Å². The molecule has 0 aromatic heterocycles. The third kappa shape index (κ3) is 1.40. The second-order valence-electron chi connectivity index (χ2n) is 5.72. The number of benzene rings is 1. The lowest BCUT2D eigenvalue weighted by atomic mass is 9.84. The number of hydrogen-bond donors (Lipinski definition) is 0. The Morgan fingerprint density at radius 3 is 2.75 bits per heavy atom. The average Bonchev–Trinajstić information content (AvgIpc) is 2.51. The summed E-state index contributed by atoms with van der Waals surface area (Å²) in [6, 6.07) is 8.59. The summed E-state index contributed by atoms with van der Waals surface area (Å²) >= 11 is 0. The molecule has 1 aliphatic heterocycles. The smallest absolute Gasteiger partial charge is 0.163 e. The van der Waals surface area contributed by atoms with Crippen molar-refractivity contribution < 1.29 is 9.47 Å². The molecule has 0 bridgehead atoms. The molecule has 1 saturated heterocycles. The van der Waals surface area contributed by atoms with E-state index in [0.29, 0.717) is 0 Å². The summed E-state index contributed by atoms with van der Waals surface area (Å²) in [5.41, 5.74) is 2.87. The van der Waals surface area contributed by atoms with E-state index < -0.39 is 5.79 Å². The fourth-order valence-corrected chi connectivity index (χ4v) is 2.84. The highest BCUT2D eigenvalue weighted by molar-refractivity contribution is 5.37. The van der Waals surface area contributed by atoms with Crippen LogP contribution in [0.15, 0.2) is 24.3 Å². The van der Waals surface area contributed by atoms with Gasteiger partial charge in [-0.3, -0.25) is 0 Å². The molecule has 3 rings (SSSR count). The van der Waals surface area contributed by atoms with Gasteiger partial charge in [-0.1, -0.05) is 31.2 Å². The molecule has 0 saturated carbocycles. The van der Waals surface area contributed by atoms with Gasteiger partial charge in [-0.05, 0) is 31.4 Å². The summed E-state index contributed by atoms with van der Waals surface area (Å²) in [7, 11) is 0. The van der Waals surface area contributed by atoms with E-state index in [4.69, 9.17) is 9.47 Å². The van der Waals surface area contributed by atoms with E-state index in [0.717, 1.165) is 13.0 Å². The SMILES string of the molecule is CC1(C)OCC2(C)Cc3ccccc3C2O1. The van der Waals surface area contributed by atoms with Gasteiger partial charge in [0.2, 0.25) is 0 Å². The molecule has 0 spiro atoms. The first-order chi connectivity index (χ1) is 7.50. The van der Waals surface area contributed by atoms with Crippen LogP contribution >= 0.6 is 0 Å². The Hall–Kier alpha value is -0.860. The second kappa shape index (κ2) is 3.08. The van der Waals surface area contributed by atoms with Crippen molar-refractivity contribution in [2.45, 2.75) is 39.1 Å². The summed E-state index contributed by atoms with van der Waals surface area (Å²) in [4.78, 5) is 0. The Morgan fingerprint density at radius 2 is 1.94 bits per heavy atom. The van der Waals surface area contributed by atoms with E-state index in [1.165, 1.54) is 11.1 Å². The molecule has 2 atom stereocenters. The van der Waals surface area contributed by atoms with Crippen LogP contribution in [0.5, 0.6) is 0 Å². The van der Waals surface area contributed by atoms with E-state index in [1.807, 2.05) is 13.8 Å². The summed E-state index contributed by atoms with van der Waals surface area (Å²) in [5.74, 6) is -0.457. The summed E-state index contributed by atoms with van der Waals surface area (Å²) in [5, 5.41) is 0. The van der Waals surface area contributed by atoms with Crippen LogP contribution in [0.2, 0.25) is 0 Å². The van der Waals surface area contributed by atoms with Gasteiger partial charge in [-0.2, -0.15) is 0 Å². The van der Waals surface area contributed by atoms with Gasteiger partial charge < -0.3 is 9.47 Å². The molecule has 16 heavy (non-hydrogen) atoms. The number of fused-ring (bicyclic) bond motifs is 3. The Balaban J connectivity index is 2.03. The summed E-state index contributed by atoms with van der Waals surface area (Å²) in [6.07, 6.45) is 1.25. The van der Waals surface area contributed by atoms with Gasteiger partial charge in [-0.15, -0.1) is 0 Å². The zero-order valence-corrected chi connectivity index (χ0v) is 10.1. The van der Waals surface area contributed by atoms with Crippen molar-refractivity contribution in [3.63, 3.8) is 0 Å². The van der Waals surface area contributed by atoms with Crippen LogP contribution in [-0.4, -0.2) is 12.4 Å². The fraction of sp³-hybridized carbons (Fsp3) is 0.571. The predicted octanol–water partition coefficient (Wildman–Crippen LogP) is 3.07. The number of hydrogen-bond acceptors (Lipinski definition) is 2. The number of rotatable bonds is 0. The highest BCUT2D eigenvalue weighted by atomic mass is 16.7. The van der Waals surface area contributed by atoms with Crippen LogP contribution in [0.3, 0.4) is 0 Å². The highest BCUT2D eigenvalue weighted by Crippen LogP contribution is 2.52. The van der Waals surface area contributed by atoms with Crippen molar-refractivity contribution in [2.24, 2.45) is 5.41 Å². The first-order valence-corrected chi connectivity index (χ1v) is 5.90. The Morgan fingerprint density at radius 1 is 1.19 bits per heavy atom. The van der Waals surface area contributed by atoms with Crippen molar-refractivity contribution in [3.8, 4) is 0 Å². The molecule has 86 valence electrons. The topological polar surface area (TPSA) is 18.5 Å². The van der Waals surface area contributed by atoms with Gasteiger partial charge in [-0.25, -0.2) is 0 Å². The molecule has 1 aromatic rings. The van der Waals surface area contributed by atoms with Crippen molar-refractivity contribution in [3.05, 3.63) is 35.4 Å². The molecule has 2 unspecified atom stereocenters. The van der Waals surface area contributed by atoms with Crippen molar-refractivity contribution in [1.29, 1.82) is 0 Å². The molecular weight excluding hydrogens is 200 g/mol. The van der Waals surface area contributed by atoms with Crippen molar-refractivity contribution in [1.82, 2.24) is 0 Å². The minimum absolute atomic E-state index is 0.110. The Kier molecular flexibility index (Phi) is 1.99. The zero-order chi connectivity index (χ0) is 11.4. The quantitative estimate of drug-likeness (QED) is 0.666. The maximum Gasteiger partial charge on any atom is 0.163 e. The van der Waals surface area contributed by atoms with Crippen LogP contribution < -0.4 is 0 Å². The third-order valence-electron chi connectivity index (χ3n) is 3.72. The van der Waals surface area contributed by atoms with Gasteiger partial charge in [0, 0.05) is 5.41 Å². The lowest BCUT2D eigenvalue weighted by molar-refractivity contribution is -0.314. The highest BCUT2D eigenvalue weighted by Gasteiger charge is 2.50. The normalized spacial score (nSPS) is 35.6. The molecule has 1 aromatic carbocycles. The third-order valence-corrected chi connectivity index (χ3v) is 3.72. The fourth-order valence-electron chi connectivity index (χ4n) is 2.84. The van der Waals surface area contributed by atoms with Crippen LogP contribution in [0.4, 0.5) is 0 Å². The van der Waals surface area contributed by atoms with E-state index in [1.54, 1.807) is 0 Å². The lowest BCUT2D eigenvalue weighted by Crippen LogP contribution is -2.45. The second-order valence-corrected chi connectivity index (χ2v) is 5.72. The van der Waals surface area contributed by atoms with Gasteiger partial charge in [0.15, 0.2) is 5.79 Å². The Labute approximate surface area is 96.6 Å². The van der Waals surface area contributed by atoms with Crippen LogP contribution in [0.25, 0.3) is 0 Å². The molecule has 0 amide bonds. The van der Waals surface area contributed by atoms with Gasteiger partial charge in [0.05, 0.1) is 12.7 Å². The van der Waals surface area contributed by atoms with E-state index in [2.05, 4.69) is 31.2 Å². The van der Waals surface area contributed by atoms with Crippen molar-refractivity contribution in [2.75, 3.05) is 6.61 Å². The van der Waals surface area contributed by atoms with Crippen LogP contribution in [0, 0.1) is 5.41 Å². The molecule has 0 radical (unpaired) electrons. The van der Waals surface area contributed by atoms with Crippen LogP contribution in [0.1, 0.15) is 38.0 Å².